The van der Waals surface area contributed by atoms with Gasteiger partial charge in [-0.15, -0.1) is 0 Å². The van der Waals surface area contributed by atoms with Crippen molar-refractivity contribution in [3.8, 4) is 0 Å². The number of rotatable bonds is 7. The molecule has 23 heavy (non-hydrogen) atoms. The number of hydrogen-bond acceptors (Lipinski definition) is 4. The molecule has 2 fully saturated rings. The second-order valence-corrected chi connectivity index (χ2v) is 8.30. The van der Waals surface area contributed by atoms with E-state index in [0.29, 0.717) is 13.2 Å². The molecule has 2 saturated heterocycles. The average Bonchev–Trinajstić information content (AvgIpc) is 3.25. The molecule has 2 aliphatic heterocycles. The maximum absolute atomic E-state index is 12.5. The summed E-state index contributed by atoms with van der Waals surface area (Å²) < 4.78 is 33.7. The van der Waals surface area contributed by atoms with Gasteiger partial charge in [0.2, 0.25) is 10.0 Å². The van der Waals surface area contributed by atoms with E-state index >= 15 is 0 Å². The summed E-state index contributed by atoms with van der Waals surface area (Å²) in [7, 11) is -3.33. The van der Waals surface area contributed by atoms with Crippen molar-refractivity contribution >= 4 is 10.0 Å². The van der Waals surface area contributed by atoms with Crippen LogP contribution in [0.4, 0.5) is 0 Å². The molecule has 0 spiro atoms. The molecule has 1 aromatic rings. The first-order chi connectivity index (χ1) is 11.1. The predicted molar refractivity (Wildman–Crippen MR) is 90.8 cm³/mol. The highest BCUT2D eigenvalue weighted by atomic mass is 32.2. The highest BCUT2D eigenvalue weighted by Crippen LogP contribution is 2.27. The van der Waals surface area contributed by atoms with Crippen LogP contribution in [0.25, 0.3) is 0 Å². The molecule has 2 atom stereocenters. The van der Waals surface area contributed by atoms with Crippen LogP contribution in [0.2, 0.25) is 0 Å². The molecule has 0 radical (unpaired) electrons. The molecule has 3 rings (SSSR count). The van der Waals surface area contributed by atoms with Crippen LogP contribution >= 0.6 is 0 Å². The van der Waals surface area contributed by atoms with Gasteiger partial charge in [-0.05, 0) is 44.3 Å². The van der Waals surface area contributed by atoms with E-state index in [1.54, 1.807) is 0 Å². The molecule has 0 aromatic heterocycles. The van der Waals surface area contributed by atoms with Gasteiger partial charge in [-0.25, -0.2) is 13.1 Å². The van der Waals surface area contributed by atoms with Gasteiger partial charge in [0.1, 0.15) is 0 Å². The van der Waals surface area contributed by atoms with Crippen LogP contribution in [0.15, 0.2) is 30.3 Å². The third-order valence-corrected chi connectivity index (χ3v) is 6.01. The Morgan fingerprint density at radius 1 is 1.17 bits per heavy atom. The Balaban J connectivity index is 1.66. The summed E-state index contributed by atoms with van der Waals surface area (Å²) in [5, 5.41) is 0. The number of sulfonamides is 1. The minimum absolute atomic E-state index is 0.0704. The Morgan fingerprint density at radius 2 is 1.91 bits per heavy atom. The zero-order chi connectivity index (χ0) is 16.1. The second kappa shape index (κ2) is 7.75. The number of ether oxygens (including phenoxy) is 1. The Kier molecular flexibility index (Phi) is 5.69. The fraction of sp³-hybridized carbons (Fsp3) is 0.647. The van der Waals surface area contributed by atoms with Crippen LogP contribution in [0, 0.1) is 0 Å². The number of hydrogen-bond donors (Lipinski definition) is 1. The molecule has 2 aliphatic rings. The lowest BCUT2D eigenvalue weighted by molar-refractivity contribution is 0.0852. The summed E-state index contributed by atoms with van der Waals surface area (Å²) in [6.45, 7) is 3.36. The van der Waals surface area contributed by atoms with Crippen LogP contribution in [0.3, 0.4) is 0 Å². The number of nitrogens with zero attached hydrogens (tertiary/aromatic N) is 1. The molecule has 128 valence electrons. The van der Waals surface area contributed by atoms with E-state index in [9.17, 15) is 8.42 Å². The third kappa shape index (κ3) is 4.76. The summed E-state index contributed by atoms with van der Waals surface area (Å²) in [4.78, 5) is 2.23. The zero-order valence-corrected chi connectivity index (χ0v) is 14.3. The smallest absolute Gasteiger partial charge is 0.213 e. The van der Waals surface area contributed by atoms with E-state index in [4.69, 9.17) is 4.74 Å². The predicted octanol–water partition coefficient (Wildman–Crippen LogP) is 1.92. The number of benzene rings is 1. The number of likely N-dealkylation sites (tertiary alicyclic amines) is 1. The van der Waals surface area contributed by atoms with Crippen LogP contribution in [0.1, 0.15) is 37.3 Å². The van der Waals surface area contributed by atoms with Gasteiger partial charge >= 0.3 is 0 Å². The quantitative estimate of drug-likeness (QED) is 0.825. The van der Waals surface area contributed by atoms with Crippen molar-refractivity contribution in [2.24, 2.45) is 0 Å². The average molecular weight is 338 g/mol. The Hall–Kier alpha value is -0.950. The van der Waals surface area contributed by atoms with Crippen molar-refractivity contribution in [2.45, 2.75) is 37.8 Å². The summed E-state index contributed by atoms with van der Waals surface area (Å²) in [6.07, 6.45) is 4.17. The van der Waals surface area contributed by atoms with Crippen molar-refractivity contribution in [3.05, 3.63) is 35.9 Å². The fourth-order valence-corrected chi connectivity index (χ4v) is 4.68. The van der Waals surface area contributed by atoms with Gasteiger partial charge in [-0.1, -0.05) is 30.3 Å². The summed E-state index contributed by atoms with van der Waals surface area (Å²) >= 11 is 0. The third-order valence-electron chi connectivity index (χ3n) is 4.68. The van der Waals surface area contributed by atoms with E-state index in [1.807, 2.05) is 30.3 Å². The van der Waals surface area contributed by atoms with Gasteiger partial charge in [0, 0.05) is 13.2 Å². The van der Waals surface area contributed by atoms with Crippen molar-refractivity contribution in [3.63, 3.8) is 0 Å². The first-order valence-corrected chi connectivity index (χ1v) is 10.2. The molecule has 5 nitrogen and oxygen atoms in total. The molecular formula is C17H26N2O3S. The maximum atomic E-state index is 12.5. The first-order valence-electron chi connectivity index (χ1n) is 8.53. The normalized spacial score (nSPS) is 24.1. The molecule has 0 saturated carbocycles. The lowest BCUT2D eigenvalue weighted by Crippen LogP contribution is -2.39. The van der Waals surface area contributed by atoms with Gasteiger partial charge < -0.3 is 9.64 Å². The molecule has 0 unspecified atom stereocenters. The van der Waals surface area contributed by atoms with Crippen LogP contribution in [-0.2, 0) is 14.8 Å². The minimum Gasteiger partial charge on any atom is -0.376 e. The first kappa shape index (κ1) is 16.9. The van der Waals surface area contributed by atoms with Gasteiger partial charge in [-0.3, -0.25) is 0 Å². The van der Waals surface area contributed by atoms with E-state index < -0.39 is 10.0 Å². The van der Waals surface area contributed by atoms with Crippen LogP contribution in [-0.4, -0.2) is 51.4 Å². The lowest BCUT2D eigenvalue weighted by atomic mass is 10.0. The van der Waals surface area contributed by atoms with Gasteiger partial charge in [-0.2, -0.15) is 0 Å². The van der Waals surface area contributed by atoms with Crippen molar-refractivity contribution < 1.29 is 13.2 Å². The summed E-state index contributed by atoms with van der Waals surface area (Å²) in [5.41, 5.74) is 0.976. The van der Waals surface area contributed by atoms with Crippen LogP contribution < -0.4 is 4.72 Å². The zero-order valence-electron chi connectivity index (χ0n) is 13.5. The van der Waals surface area contributed by atoms with E-state index in [1.165, 1.54) is 12.8 Å². The van der Waals surface area contributed by atoms with Crippen molar-refractivity contribution in [1.29, 1.82) is 0 Å². The van der Waals surface area contributed by atoms with Gasteiger partial charge in [0.05, 0.1) is 17.9 Å². The Labute approximate surface area is 139 Å². The molecule has 1 N–H and O–H groups in total. The Morgan fingerprint density at radius 3 is 2.57 bits per heavy atom. The monoisotopic (exact) mass is 338 g/mol. The standard InChI is InChI=1S/C17H26N2O3S/c20-23(21,14-12-19-10-4-5-11-19)18-17(16-9-6-13-22-16)15-7-2-1-3-8-15/h1-3,7-8,16-18H,4-6,9-14H2/t16-,17+/m0/s1. The van der Waals surface area contributed by atoms with E-state index in [0.717, 1.165) is 31.5 Å². The van der Waals surface area contributed by atoms with Gasteiger partial charge in [0.25, 0.3) is 0 Å². The number of nitrogens with one attached hydrogen (secondary N) is 1. The molecule has 6 heteroatoms. The molecule has 2 heterocycles. The molecule has 0 bridgehead atoms. The van der Waals surface area contributed by atoms with Gasteiger partial charge in [0.15, 0.2) is 0 Å². The van der Waals surface area contributed by atoms with E-state index in [-0.39, 0.29) is 17.9 Å². The van der Waals surface area contributed by atoms with E-state index in [2.05, 4.69) is 9.62 Å². The van der Waals surface area contributed by atoms with Crippen molar-refractivity contribution in [2.75, 3.05) is 32.0 Å². The second-order valence-electron chi connectivity index (χ2n) is 6.43. The highest BCUT2D eigenvalue weighted by molar-refractivity contribution is 7.89. The largest absolute Gasteiger partial charge is 0.376 e. The highest BCUT2D eigenvalue weighted by Gasteiger charge is 2.31. The molecule has 0 amide bonds. The van der Waals surface area contributed by atoms with Crippen molar-refractivity contribution in [1.82, 2.24) is 9.62 Å². The molecule has 0 aliphatic carbocycles. The maximum Gasteiger partial charge on any atom is 0.213 e. The summed E-state index contributed by atoms with van der Waals surface area (Å²) in [5.74, 6) is 0.156. The van der Waals surface area contributed by atoms with Crippen LogP contribution in [0.5, 0.6) is 0 Å². The molecular weight excluding hydrogens is 312 g/mol. The topological polar surface area (TPSA) is 58.6 Å². The lowest BCUT2D eigenvalue weighted by Gasteiger charge is -2.25. The Bertz CT molecular complexity index is 579. The minimum atomic E-state index is -3.33. The summed E-state index contributed by atoms with van der Waals surface area (Å²) in [6, 6.07) is 9.47. The fourth-order valence-electron chi connectivity index (χ4n) is 3.39. The SMILES string of the molecule is O=S(=O)(CCN1CCCC1)N[C@H](c1ccccc1)[C@@H]1CCCO1. The molecule has 1 aromatic carbocycles.